The Kier molecular flexibility index (Phi) is 5.65. The highest BCUT2D eigenvalue weighted by atomic mass is 32.2. The molecule has 1 amide bonds. The van der Waals surface area contributed by atoms with Gasteiger partial charge < -0.3 is 5.32 Å². The molecule has 0 fully saturated rings. The predicted molar refractivity (Wildman–Crippen MR) is 69.9 cm³/mol. The molecule has 0 aliphatic rings. The van der Waals surface area contributed by atoms with Crippen LogP contribution in [-0.4, -0.2) is 24.2 Å². The fourth-order valence-corrected chi connectivity index (χ4v) is 1.97. The van der Waals surface area contributed by atoms with Crippen LogP contribution >= 0.6 is 23.5 Å². The van der Waals surface area contributed by atoms with Gasteiger partial charge in [-0.2, -0.15) is 11.8 Å². The van der Waals surface area contributed by atoms with Crippen LogP contribution in [0.5, 0.6) is 0 Å². The second kappa shape index (κ2) is 6.80. The molecule has 4 heteroatoms. The Morgan fingerprint density at radius 3 is 2.87 bits per heavy atom. The van der Waals surface area contributed by atoms with Gasteiger partial charge in [0.2, 0.25) is 5.91 Å². The molecule has 82 valence electrons. The number of thioether (sulfide) groups is 2. The molecule has 0 saturated heterocycles. The van der Waals surface area contributed by atoms with E-state index in [0.29, 0.717) is 6.42 Å². The molecule has 0 aromatic heterocycles. The Labute approximate surface area is 99.2 Å². The summed E-state index contributed by atoms with van der Waals surface area (Å²) in [7, 11) is 0. The molecular weight excluding hydrogens is 226 g/mol. The zero-order valence-electron chi connectivity index (χ0n) is 8.95. The Morgan fingerprint density at radius 1 is 1.40 bits per heavy atom. The van der Waals surface area contributed by atoms with Crippen LogP contribution in [0.1, 0.15) is 6.42 Å². The van der Waals surface area contributed by atoms with Crippen LogP contribution in [0.25, 0.3) is 0 Å². The zero-order chi connectivity index (χ0) is 11.1. The number of amides is 1. The molecule has 2 nitrogen and oxygen atoms in total. The van der Waals surface area contributed by atoms with E-state index < -0.39 is 0 Å². The topological polar surface area (TPSA) is 29.1 Å². The zero-order valence-corrected chi connectivity index (χ0v) is 10.6. The number of benzene rings is 1. The first-order valence-corrected chi connectivity index (χ1v) is 7.31. The van der Waals surface area contributed by atoms with Crippen molar-refractivity contribution < 1.29 is 4.79 Å². The van der Waals surface area contributed by atoms with E-state index in [1.807, 2.05) is 36.8 Å². The molecule has 1 aromatic carbocycles. The van der Waals surface area contributed by atoms with E-state index in [1.54, 1.807) is 23.5 Å². The van der Waals surface area contributed by atoms with Crippen LogP contribution in [0.15, 0.2) is 29.2 Å². The molecule has 0 bridgehead atoms. The van der Waals surface area contributed by atoms with Crippen molar-refractivity contribution in [2.45, 2.75) is 11.3 Å². The van der Waals surface area contributed by atoms with Gasteiger partial charge in [-0.3, -0.25) is 4.79 Å². The highest BCUT2D eigenvalue weighted by Crippen LogP contribution is 2.19. The third-order valence-corrected chi connectivity index (χ3v) is 3.22. The molecule has 1 N–H and O–H groups in total. The Morgan fingerprint density at radius 2 is 2.20 bits per heavy atom. The van der Waals surface area contributed by atoms with Gasteiger partial charge in [0.25, 0.3) is 0 Å². The maximum absolute atomic E-state index is 11.4. The van der Waals surface area contributed by atoms with Crippen molar-refractivity contribution in [2.24, 2.45) is 0 Å². The third-order valence-electron chi connectivity index (χ3n) is 1.89. The summed E-state index contributed by atoms with van der Waals surface area (Å²) in [5.74, 6) is 0.955. The van der Waals surface area contributed by atoms with Crippen molar-refractivity contribution in [3.63, 3.8) is 0 Å². The van der Waals surface area contributed by atoms with E-state index in [9.17, 15) is 4.79 Å². The van der Waals surface area contributed by atoms with Crippen LogP contribution in [0.4, 0.5) is 5.69 Å². The molecule has 0 spiro atoms. The molecule has 0 aliphatic carbocycles. The van der Waals surface area contributed by atoms with Crippen LogP contribution in [0.3, 0.4) is 0 Å². The standard InChI is InChI=1S/C11H15NOS2/c1-14-7-6-11(13)12-9-4-3-5-10(8-9)15-2/h3-5,8H,6-7H2,1-2H3,(H,12,13). The molecule has 0 radical (unpaired) electrons. The van der Waals surface area contributed by atoms with Crippen molar-refractivity contribution in [2.75, 3.05) is 23.6 Å². The lowest BCUT2D eigenvalue weighted by Crippen LogP contribution is -2.11. The quantitative estimate of drug-likeness (QED) is 0.803. The fraction of sp³-hybridized carbons (Fsp3) is 0.364. The Balaban J connectivity index is 2.52. The lowest BCUT2D eigenvalue weighted by atomic mass is 10.3. The molecular formula is C11H15NOS2. The van der Waals surface area contributed by atoms with Gasteiger partial charge >= 0.3 is 0 Å². The minimum atomic E-state index is 0.0857. The minimum Gasteiger partial charge on any atom is -0.326 e. The monoisotopic (exact) mass is 241 g/mol. The summed E-state index contributed by atoms with van der Waals surface area (Å²) >= 11 is 3.36. The fourth-order valence-electron chi connectivity index (χ4n) is 1.12. The molecule has 1 rings (SSSR count). The predicted octanol–water partition coefficient (Wildman–Crippen LogP) is 3.10. The first-order chi connectivity index (χ1) is 7.26. The molecule has 0 unspecified atom stereocenters. The first kappa shape index (κ1) is 12.5. The molecule has 0 heterocycles. The second-order valence-corrected chi connectivity index (χ2v) is 4.89. The highest BCUT2D eigenvalue weighted by molar-refractivity contribution is 7.98. The number of anilines is 1. The summed E-state index contributed by atoms with van der Waals surface area (Å²) < 4.78 is 0. The SMILES string of the molecule is CSCCC(=O)Nc1cccc(SC)c1. The number of carbonyl (C=O) groups is 1. The van der Waals surface area contributed by atoms with Gasteiger partial charge in [0.05, 0.1) is 0 Å². The van der Waals surface area contributed by atoms with Crippen LogP contribution in [0.2, 0.25) is 0 Å². The number of carbonyl (C=O) groups excluding carboxylic acids is 1. The average molecular weight is 241 g/mol. The van der Waals surface area contributed by atoms with E-state index in [4.69, 9.17) is 0 Å². The number of nitrogens with one attached hydrogen (secondary N) is 1. The average Bonchev–Trinajstić information content (AvgIpc) is 2.26. The highest BCUT2D eigenvalue weighted by Gasteiger charge is 2.01. The van der Waals surface area contributed by atoms with Crippen molar-refractivity contribution in [1.82, 2.24) is 0 Å². The maximum atomic E-state index is 11.4. The minimum absolute atomic E-state index is 0.0857. The summed E-state index contributed by atoms with van der Waals surface area (Å²) in [4.78, 5) is 12.6. The summed E-state index contributed by atoms with van der Waals surface area (Å²) in [6.45, 7) is 0. The van der Waals surface area contributed by atoms with Gasteiger partial charge in [-0.05, 0) is 30.7 Å². The van der Waals surface area contributed by atoms with E-state index in [0.717, 1.165) is 16.3 Å². The Bertz CT molecular complexity index is 328. The lowest BCUT2D eigenvalue weighted by Gasteiger charge is -2.05. The van der Waals surface area contributed by atoms with Gasteiger partial charge in [-0.15, -0.1) is 11.8 Å². The van der Waals surface area contributed by atoms with Crippen LogP contribution in [0, 0.1) is 0 Å². The summed E-state index contributed by atoms with van der Waals surface area (Å²) in [5.41, 5.74) is 0.882. The first-order valence-electron chi connectivity index (χ1n) is 4.69. The van der Waals surface area contributed by atoms with Crippen LogP contribution in [-0.2, 0) is 4.79 Å². The maximum Gasteiger partial charge on any atom is 0.225 e. The van der Waals surface area contributed by atoms with Crippen molar-refractivity contribution in [3.8, 4) is 0 Å². The van der Waals surface area contributed by atoms with Gasteiger partial charge in [0.1, 0.15) is 0 Å². The van der Waals surface area contributed by atoms with Crippen molar-refractivity contribution in [3.05, 3.63) is 24.3 Å². The van der Waals surface area contributed by atoms with Crippen LogP contribution < -0.4 is 5.32 Å². The smallest absolute Gasteiger partial charge is 0.225 e. The van der Waals surface area contributed by atoms with Gasteiger partial charge in [-0.1, -0.05) is 6.07 Å². The largest absolute Gasteiger partial charge is 0.326 e. The normalized spacial score (nSPS) is 10.0. The van der Waals surface area contributed by atoms with Gasteiger partial charge in [0, 0.05) is 22.8 Å². The Hall–Kier alpha value is -0.610. The van der Waals surface area contributed by atoms with E-state index in [-0.39, 0.29) is 5.91 Å². The van der Waals surface area contributed by atoms with E-state index in [2.05, 4.69) is 5.32 Å². The number of hydrogen-bond acceptors (Lipinski definition) is 3. The number of rotatable bonds is 5. The third kappa shape index (κ3) is 4.62. The molecule has 0 saturated carbocycles. The molecule has 0 atom stereocenters. The summed E-state index contributed by atoms with van der Waals surface area (Å²) in [5, 5.41) is 2.89. The van der Waals surface area contributed by atoms with E-state index >= 15 is 0 Å². The molecule has 1 aromatic rings. The number of hydrogen-bond donors (Lipinski definition) is 1. The second-order valence-electron chi connectivity index (χ2n) is 3.02. The van der Waals surface area contributed by atoms with Gasteiger partial charge in [-0.25, -0.2) is 0 Å². The molecule has 15 heavy (non-hydrogen) atoms. The van der Waals surface area contributed by atoms with Crippen molar-refractivity contribution >= 4 is 35.1 Å². The van der Waals surface area contributed by atoms with Crippen molar-refractivity contribution in [1.29, 1.82) is 0 Å². The summed E-state index contributed by atoms with van der Waals surface area (Å²) in [6, 6.07) is 7.89. The lowest BCUT2D eigenvalue weighted by molar-refractivity contribution is -0.115. The van der Waals surface area contributed by atoms with E-state index in [1.165, 1.54) is 0 Å². The molecule has 0 aliphatic heterocycles. The van der Waals surface area contributed by atoms with Gasteiger partial charge in [0.15, 0.2) is 0 Å². The summed E-state index contributed by atoms with van der Waals surface area (Å²) in [6.07, 6.45) is 4.60.